The molecule has 0 aliphatic carbocycles. The minimum Gasteiger partial charge on any atom is -0.361 e. The number of aromatic nitrogens is 1. The highest BCUT2D eigenvalue weighted by atomic mass is 16.5. The number of benzene rings is 1. The first-order chi connectivity index (χ1) is 14.4. The molecule has 8 nitrogen and oxygen atoms in total. The maximum absolute atomic E-state index is 13.2. The zero-order valence-electron chi connectivity index (χ0n) is 17.7. The molecule has 0 spiro atoms. The predicted octanol–water partition coefficient (Wildman–Crippen LogP) is 2.12. The first-order valence-electron chi connectivity index (χ1n) is 10.3. The van der Waals surface area contributed by atoms with E-state index in [4.69, 9.17) is 4.52 Å². The van der Waals surface area contributed by atoms with E-state index < -0.39 is 17.9 Å². The number of unbranched alkanes of at least 4 members (excludes halogenated alkanes) is 1. The van der Waals surface area contributed by atoms with E-state index in [2.05, 4.69) is 10.5 Å². The van der Waals surface area contributed by atoms with E-state index in [9.17, 15) is 14.4 Å². The summed E-state index contributed by atoms with van der Waals surface area (Å²) in [6.07, 6.45) is 1.79. The third-order valence-electron chi connectivity index (χ3n) is 5.42. The largest absolute Gasteiger partial charge is 0.361 e. The number of aryl methyl sites for hydroxylation is 2. The highest BCUT2D eigenvalue weighted by Gasteiger charge is 2.39. The van der Waals surface area contributed by atoms with Gasteiger partial charge in [-0.1, -0.05) is 48.8 Å². The maximum Gasteiger partial charge on any atom is 0.313 e. The SMILES string of the molecule is CCCCN1CCN([C@H](C(=O)NCc2c(C)noc2C)c2ccccc2)C(=O)C1=O. The number of rotatable bonds is 8. The molecule has 3 rings (SSSR count). The van der Waals surface area contributed by atoms with Crippen LogP contribution in [0.15, 0.2) is 34.9 Å². The molecule has 160 valence electrons. The molecule has 1 N–H and O–H groups in total. The Morgan fingerprint density at radius 3 is 2.53 bits per heavy atom. The molecule has 1 saturated heterocycles. The summed E-state index contributed by atoms with van der Waals surface area (Å²) in [7, 11) is 0. The lowest BCUT2D eigenvalue weighted by Crippen LogP contribution is -2.57. The Morgan fingerprint density at radius 1 is 1.17 bits per heavy atom. The van der Waals surface area contributed by atoms with Crippen LogP contribution in [0.2, 0.25) is 0 Å². The Bertz CT molecular complexity index is 890. The van der Waals surface area contributed by atoms with Gasteiger partial charge in [-0.15, -0.1) is 0 Å². The van der Waals surface area contributed by atoms with E-state index in [0.29, 0.717) is 36.7 Å². The van der Waals surface area contributed by atoms with Crippen LogP contribution in [0.5, 0.6) is 0 Å². The molecule has 1 aromatic heterocycles. The Balaban J connectivity index is 1.80. The van der Waals surface area contributed by atoms with Crippen molar-refractivity contribution in [3.63, 3.8) is 0 Å². The molecular formula is C22H28N4O4. The minimum absolute atomic E-state index is 0.238. The van der Waals surface area contributed by atoms with Gasteiger partial charge in [0, 0.05) is 31.7 Å². The van der Waals surface area contributed by atoms with Gasteiger partial charge in [-0.25, -0.2) is 0 Å². The summed E-state index contributed by atoms with van der Waals surface area (Å²) in [6, 6.07) is 8.18. The fourth-order valence-corrected chi connectivity index (χ4v) is 3.63. The van der Waals surface area contributed by atoms with Crippen LogP contribution in [-0.4, -0.2) is 52.3 Å². The first kappa shape index (κ1) is 21.5. The van der Waals surface area contributed by atoms with Crippen LogP contribution in [0.3, 0.4) is 0 Å². The normalized spacial score (nSPS) is 15.4. The highest BCUT2D eigenvalue weighted by Crippen LogP contribution is 2.24. The monoisotopic (exact) mass is 412 g/mol. The van der Waals surface area contributed by atoms with Crippen LogP contribution in [-0.2, 0) is 20.9 Å². The van der Waals surface area contributed by atoms with E-state index in [0.717, 1.165) is 18.4 Å². The average molecular weight is 412 g/mol. The number of nitrogens with zero attached hydrogens (tertiary/aromatic N) is 3. The molecule has 1 fully saturated rings. The third-order valence-corrected chi connectivity index (χ3v) is 5.42. The molecule has 0 bridgehead atoms. The number of amides is 3. The predicted molar refractivity (Wildman–Crippen MR) is 110 cm³/mol. The van der Waals surface area contributed by atoms with E-state index in [1.165, 1.54) is 4.90 Å². The second kappa shape index (κ2) is 9.56. The number of hydrogen-bond donors (Lipinski definition) is 1. The van der Waals surface area contributed by atoms with Crippen LogP contribution < -0.4 is 5.32 Å². The van der Waals surface area contributed by atoms with Crippen molar-refractivity contribution < 1.29 is 18.9 Å². The summed E-state index contributed by atoms with van der Waals surface area (Å²) < 4.78 is 5.15. The fourth-order valence-electron chi connectivity index (χ4n) is 3.63. The van der Waals surface area contributed by atoms with Gasteiger partial charge in [-0.3, -0.25) is 14.4 Å². The lowest BCUT2D eigenvalue weighted by atomic mass is 10.0. The average Bonchev–Trinajstić information content (AvgIpc) is 3.07. The third kappa shape index (κ3) is 4.53. The molecule has 30 heavy (non-hydrogen) atoms. The number of nitrogens with one attached hydrogen (secondary N) is 1. The van der Waals surface area contributed by atoms with Gasteiger partial charge in [0.2, 0.25) is 5.91 Å². The fraction of sp³-hybridized carbons (Fsp3) is 0.455. The molecule has 0 radical (unpaired) electrons. The van der Waals surface area contributed by atoms with E-state index >= 15 is 0 Å². The smallest absolute Gasteiger partial charge is 0.313 e. The van der Waals surface area contributed by atoms with Crippen molar-refractivity contribution in [2.24, 2.45) is 0 Å². The lowest BCUT2D eigenvalue weighted by Gasteiger charge is -2.38. The van der Waals surface area contributed by atoms with Crippen molar-refractivity contribution in [3.05, 3.63) is 52.9 Å². The van der Waals surface area contributed by atoms with Crippen LogP contribution in [0, 0.1) is 13.8 Å². The summed E-state index contributed by atoms with van der Waals surface area (Å²) in [5.41, 5.74) is 2.18. The zero-order valence-corrected chi connectivity index (χ0v) is 17.7. The van der Waals surface area contributed by atoms with Gasteiger partial charge < -0.3 is 19.6 Å². The topological polar surface area (TPSA) is 95.8 Å². The molecule has 0 saturated carbocycles. The molecule has 1 aliphatic rings. The summed E-state index contributed by atoms with van der Waals surface area (Å²) in [4.78, 5) is 41.6. The molecule has 1 aliphatic heterocycles. The van der Waals surface area contributed by atoms with Crippen molar-refractivity contribution >= 4 is 17.7 Å². The molecule has 0 unspecified atom stereocenters. The van der Waals surface area contributed by atoms with Crippen LogP contribution >= 0.6 is 0 Å². The molecule has 1 atom stereocenters. The summed E-state index contributed by atoms with van der Waals surface area (Å²) in [5.74, 6) is -0.892. The maximum atomic E-state index is 13.2. The summed E-state index contributed by atoms with van der Waals surface area (Å²) >= 11 is 0. The Hall–Kier alpha value is -3.16. The zero-order chi connectivity index (χ0) is 21.7. The van der Waals surface area contributed by atoms with Gasteiger partial charge in [-0.05, 0) is 25.8 Å². The number of hydrogen-bond acceptors (Lipinski definition) is 5. The van der Waals surface area contributed by atoms with Crippen molar-refractivity contribution in [2.75, 3.05) is 19.6 Å². The summed E-state index contributed by atoms with van der Waals surface area (Å²) in [6.45, 7) is 7.16. The van der Waals surface area contributed by atoms with Crippen molar-refractivity contribution in [1.29, 1.82) is 0 Å². The van der Waals surface area contributed by atoms with Crippen molar-refractivity contribution in [2.45, 2.75) is 46.2 Å². The number of carbonyl (C=O) groups is 3. The van der Waals surface area contributed by atoms with E-state index in [1.807, 2.05) is 32.0 Å². The molecule has 8 heteroatoms. The molecular weight excluding hydrogens is 384 g/mol. The molecule has 1 aromatic carbocycles. The van der Waals surface area contributed by atoms with E-state index in [1.54, 1.807) is 24.0 Å². The van der Waals surface area contributed by atoms with Crippen LogP contribution in [0.1, 0.15) is 48.4 Å². The molecule has 2 aromatic rings. The minimum atomic E-state index is -0.878. The van der Waals surface area contributed by atoms with Gasteiger partial charge in [0.25, 0.3) is 0 Å². The second-order valence-electron chi connectivity index (χ2n) is 7.48. The van der Waals surface area contributed by atoms with Crippen molar-refractivity contribution in [3.8, 4) is 0 Å². The number of piperazine rings is 1. The van der Waals surface area contributed by atoms with Gasteiger partial charge >= 0.3 is 11.8 Å². The highest BCUT2D eigenvalue weighted by molar-refractivity contribution is 6.35. The number of carbonyl (C=O) groups excluding carboxylic acids is 3. The Labute approximate surface area is 176 Å². The summed E-state index contributed by atoms with van der Waals surface area (Å²) in [5, 5.41) is 6.79. The van der Waals surface area contributed by atoms with Gasteiger partial charge in [0.15, 0.2) is 0 Å². The standard InChI is InChI=1S/C22H28N4O4/c1-4-5-11-25-12-13-26(22(29)21(25)28)19(17-9-7-6-8-10-17)20(27)23-14-18-15(2)24-30-16(18)3/h6-10,19H,4-5,11-14H2,1-3H3,(H,23,27)/t19-/m0/s1. The van der Waals surface area contributed by atoms with Gasteiger partial charge in [-0.2, -0.15) is 0 Å². The Morgan fingerprint density at radius 2 is 1.90 bits per heavy atom. The van der Waals surface area contributed by atoms with Gasteiger partial charge in [0.1, 0.15) is 11.8 Å². The van der Waals surface area contributed by atoms with E-state index in [-0.39, 0.29) is 12.5 Å². The van der Waals surface area contributed by atoms with Crippen molar-refractivity contribution in [1.82, 2.24) is 20.3 Å². The second-order valence-corrected chi connectivity index (χ2v) is 7.48. The van der Waals surface area contributed by atoms with Crippen LogP contribution in [0.4, 0.5) is 0 Å². The van der Waals surface area contributed by atoms with Gasteiger partial charge in [0.05, 0.1) is 5.69 Å². The Kier molecular flexibility index (Phi) is 6.87. The molecule has 2 heterocycles. The van der Waals surface area contributed by atoms with Crippen LogP contribution in [0.25, 0.3) is 0 Å². The first-order valence-corrected chi connectivity index (χ1v) is 10.3. The lowest BCUT2D eigenvalue weighted by molar-refractivity contribution is -0.159. The quantitative estimate of drug-likeness (QED) is 0.670. The molecule has 3 amide bonds.